The van der Waals surface area contributed by atoms with Crippen LogP contribution in [0.2, 0.25) is 0 Å². The van der Waals surface area contributed by atoms with Crippen molar-refractivity contribution in [2.45, 2.75) is 55.5 Å². The van der Waals surface area contributed by atoms with Crippen LogP contribution in [0.15, 0.2) is 59.5 Å². The second-order valence-corrected chi connectivity index (χ2v) is 9.41. The van der Waals surface area contributed by atoms with Gasteiger partial charge in [0.25, 0.3) is 0 Å². The lowest BCUT2D eigenvalue weighted by molar-refractivity contribution is 0.160. The molecule has 0 spiro atoms. The first-order chi connectivity index (χ1) is 13.1. The molecular formula is C22H28N2O2S. The van der Waals surface area contributed by atoms with Gasteiger partial charge in [0.15, 0.2) is 0 Å². The molecule has 1 fully saturated rings. The number of likely N-dealkylation sites (tertiary alicyclic amines) is 1. The van der Waals surface area contributed by atoms with Gasteiger partial charge in [0.05, 0.1) is 10.9 Å². The Morgan fingerprint density at radius 2 is 1.44 bits per heavy atom. The van der Waals surface area contributed by atoms with Gasteiger partial charge >= 0.3 is 0 Å². The van der Waals surface area contributed by atoms with E-state index in [1.54, 1.807) is 24.3 Å². The molecule has 4 rings (SSSR count). The summed E-state index contributed by atoms with van der Waals surface area (Å²) in [4.78, 5) is 2.86. The third-order valence-corrected chi connectivity index (χ3v) is 7.34. The molecule has 2 aromatic rings. The molecule has 27 heavy (non-hydrogen) atoms. The molecule has 0 saturated carbocycles. The minimum atomic E-state index is -3.53. The molecule has 1 aliphatic heterocycles. The average Bonchev–Trinajstić information content (AvgIpc) is 2.99. The number of nitrogens with zero attached hydrogens (tertiary/aromatic N) is 1. The van der Waals surface area contributed by atoms with E-state index >= 15 is 0 Å². The number of fused-ring (bicyclic) bond motifs is 1. The van der Waals surface area contributed by atoms with E-state index in [9.17, 15) is 8.42 Å². The molecule has 0 unspecified atom stereocenters. The molecule has 0 radical (unpaired) electrons. The van der Waals surface area contributed by atoms with E-state index in [1.165, 1.54) is 43.2 Å². The molecule has 2 aliphatic rings. The van der Waals surface area contributed by atoms with E-state index in [0.29, 0.717) is 4.90 Å². The maximum Gasteiger partial charge on any atom is 0.240 e. The van der Waals surface area contributed by atoms with Gasteiger partial charge in [-0.1, -0.05) is 61.7 Å². The van der Waals surface area contributed by atoms with Gasteiger partial charge in [-0.25, -0.2) is 13.1 Å². The maximum atomic E-state index is 13.0. The van der Waals surface area contributed by atoms with E-state index in [0.717, 1.165) is 19.5 Å². The van der Waals surface area contributed by atoms with Crippen LogP contribution in [0.5, 0.6) is 0 Å². The minimum absolute atomic E-state index is 0.118. The smallest absolute Gasteiger partial charge is 0.240 e. The maximum absolute atomic E-state index is 13.0. The number of nitrogens with one attached hydrogen (secondary N) is 1. The van der Waals surface area contributed by atoms with Crippen LogP contribution in [-0.2, 0) is 16.4 Å². The van der Waals surface area contributed by atoms with Gasteiger partial charge in [0.2, 0.25) is 10.0 Å². The number of hydrogen-bond donors (Lipinski definition) is 1. The minimum Gasteiger partial charge on any atom is -0.295 e. The van der Waals surface area contributed by atoms with Gasteiger partial charge in [-0.3, -0.25) is 4.90 Å². The fourth-order valence-corrected chi connectivity index (χ4v) is 5.81. The second-order valence-electron chi connectivity index (χ2n) is 7.69. The van der Waals surface area contributed by atoms with Crippen LogP contribution < -0.4 is 4.72 Å². The van der Waals surface area contributed by atoms with Gasteiger partial charge in [0.1, 0.15) is 0 Å². The third-order valence-electron chi connectivity index (χ3n) is 5.84. The first-order valence-corrected chi connectivity index (χ1v) is 11.5. The molecule has 1 heterocycles. The zero-order valence-corrected chi connectivity index (χ0v) is 16.5. The molecule has 0 amide bonds. The third kappa shape index (κ3) is 4.10. The highest BCUT2D eigenvalue weighted by Gasteiger charge is 2.38. The Morgan fingerprint density at radius 3 is 2.19 bits per heavy atom. The van der Waals surface area contributed by atoms with Gasteiger partial charge < -0.3 is 0 Å². The van der Waals surface area contributed by atoms with Crippen molar-refractivity contribution in [2.24, 2.45) is 0 Å². The Labute approximate surface area is 162 Å². The number of hydrogen-bond acceptors (Lipinski definition) is 3. The summed E-state index contributed by atoms with van der Waals surface area (Å²) in [6, 6.07) is 17.2. The van der Waals surface area contributed by atoms with Crippen LogP contribution in [-0.4, -0.2) is 32.4 Å². The van der Waals surface area contributed by atoms with Crippen molar-refractivity contribution in [3.63, 3.8) is 0 Å². The predicted molar refractivity (Wildman–Crippen MR) is 108 cm³/mol. The fourth-order valence-electron chi connectivity index (χ4n) is 4.55. The normalized spacial score (nSPS) is 24.1. The van der Waals surface area contributed by atoms with Crippen LogP contribution in [0.25, 0.3) is 0 Å². The van der Waals surface area contributed by atoms with E-state index in [-0.39, 0.29) is 12.1 Å². The highest BCUT2D eigenvalue weighted by Crippen LogP contribution is 2.37. The summed E-state index contributed by atoms with van der Waals surface area (Å²) in [5.74, 6) is 0. The van der Waals surface area contributed by atoms with E-state index in [2.05, 4.69) is 33.9 Å². The summed E-state index contributed by atoms with van der Waals surface area (Å²) in [6.45, 7) is 2.09. The van der Waals surface area contributed by atoms with Crippen molar-refractivity contribution in [1.29, 1.82) is 0 Å². The Hall–Kier alpha value is -1.69. The van der Waals surface area contributed by atoms with Crippen molar-refractivity contribution >= 4 is 10.0 Å². The molecule has 4 nitrogen and oxygen atoms in total. The van der Waals surface area contributed by atoms with E-state index < -0.39 is 10.0 Å². The SMILES string of the molecule is O=S(=O)(N[C@@H]1Cc2ccccc2[C@@H]1N1CCCCCCC1)c1ccccc1. The highest BCUT2D eigenvalue weighted by atomic mass is 32.2. The molecular weight excluding hydrogens is 356 g/mol. The summed E-state index contributed by atoms with van der Waals surface area (Å²) in [6.07, 6.45) is 6.99. The van der Waals surface area contributed by atoms with Gasteiger partial charge in [0, 0.05) is 6.04 Å². The lowest BCUT2D eigenvalue weighted by atomic mass is 10.0. The van der Waals surface area contributed by atoms with Crippen LogP contribution in [0.1, 0.15) is 49.3 Å². The van der Waals surface area contributed by atoms with Crippen molar-refractivity contribution in [1.82, 2.24) is 9.62 Å². The Bertz CT molecular complexity index is 859. The van der Waals surface area contributed by atoms with Gasteiger partial charge in [-0.05, 0) is 55.6 Å². The van der Waals surface area contributed by atoms with Crippen molar-refractivity contribution < 1.29 is 8.42 Å². The standard InChI is InChI=1S/C22H28N2O2S/c25-27(26,19-12-5-4-6-13-19)23-21-17-18-11-7-8-14-20(18)22(21)24-15-9-2-1-3-10-16-24/h4-8,11-14,21-23H,1-3,9-10,15-17H2/t21-,22+/m1/s1. The van der Waals surface area contributed by atoms with Crippen molar-refractivity contribution in [2.75, 3.05) is 13.1 Å². The molecule has 0 aromatic heterocycles. The Morgan fingerprint density at radius 1 is 0.815 bits per heavy atom. The monoisotopic (exact) mass is 384 g/mol. The molecule has 2 atom stereocenters. The molecule has 1 aliphatic carbocycles. The first kappa shape index (κ1) is 18.7. The molecule has 0 bridgehead atoms. The van der Waals surface area contributed by atoms with Crippen molar-refractivity contribution in [3.05, 3.63) is 65.7 Å². The van der Waals surface area contributed by atoms with Crippen LogP contribution >= 0.6 is 0 Å². The number of sulfonamides is 1. The van der Waals surface area contributed by atoms with Gasteiger partial charge in [-0.15, -0.1) is 0 Å². The summed E-state index contributed by atoms with van der Waals surface area (Å²) in [5, 5.41) is 0. The molecule has 2 aromatic carbocycles. The second kappa shape index (κ2) is 8.13. The zero-order chi connectivity index (χ0) is 18.7. The van der Waals surface area contributed by atoms with E-state index in [4.69, 9.17) is 0 Å². The first-order valence-electron chi connectivity index (χ1n) is 10.0. The molecule has 1 saturated heterocycles. The number of benzene rings is 2. The van der Waals surface area contributed by atoms with E-state index in [1.807, 2.05) is 6.07 Å². The zero-order valence-electron chi connectivity index (χ0n) is 15.7. The lowest BCUT2D eigenvalue weighted by Gasteiger charge is -2.35. The van der Waals surface area contributed by atoms with Gasteiger partial charge in [-0.2, -0.15) is 0 Å². The van der Waals surface area contributed by atoms with Crippen molar-refractivity contribution in [3.8, 4) is 0 Å². The summed E-state index contributed by atoms with van der Waals surface area (Å²) in [7, 11) is -3.53. The van der Waals surface area contributed by atoms with Crippen LogP contribution in [0, 0.1) is 0 Å². The lowest BCUT2D eigenvalue weighted by Crippen LogP contribution is -2.45. The Balaban J connectivity index is 1.62. The summed E-state index contributed by atoms with van der Waals surface area (Å²) >= 11 is 0. The summed E-state index contributed by atoms with van der Waals surface area (Å²) in [5.41, 5.74) is 2.56. The average molecular weight is 385 g/mol. The Kier molecular flexibility index (Phi) is 5.62. The molecule has 144 valence electrons. The number of rotatable bonds is 4. The molecule has 1 N–H and O–H groups in total. The predicted octanol–water partition coefficient (Wildman–Crippen LogP) is 3.90. The van der Waals surface area contributed by atoms with Crippen LogP contribution in [0.3, 0.4) is 0 Å². The largest absolute Gasteiger partial charge is 0.295 e. The quantitative estimate of drug-likeness (QED) is 0.870. The topological polar surface area (TPSA) is 49.4 Å². The molecule has 5 heteroatoms. The summed E-state index contributed by atoms with van der Waals surface area (Å²) < 4.78 is 29.0. The van der Waals surface area contributed by atoms with Crippen LogP contribution in [0.4, 0.5) is 0 Å². The highest BCUT2D eigenvalue weighted by molar-refractivity contribution is 7.89. The fraction of sp³-hybridized carbons (Fsp3) is 0.455.